The zero-order chi connectivity index (χ0) is 14.4. The molecule has 1 atom stereocenters. The molecule has 0 spiro atoms. The Hall–Kier alpha value is -1.30. The number of nitrogens with one attached hydrogen (secondary N) is 1. The van der Waals surface area contributed by atoms with Gasteiger partial charge in [0.25, 0.3) is 0 Å². The van der Waals surface area contributed by atoms with Crippen molar-refractivity contribution in [2.24, 2.45) is 5.73 Å². The van der Waals surface area contributed by atoms with Crippen molar-refractivity contribution in [2.45, 2.75) is 31.7 Å². The Morgan fingerprint density at radius 1 is 1.35 bits per heavy atom. The summed E-state index contributed by atoms with van der Waals surface area (Å²) < 4.78 is 10.7. The van der Waals surface area contributed by atoms with Gasteiger partial charge < -0.3 is 25.6 Å². The second-order valence-electron chi connectivity index (χ2n) is 5.46. The first-order valence-corrected chi connectivity index (χ1v) is 7.11. The fourth-order valence-corrected chi connectivity index (χ4v) is 2.25. The summed E-state index contributed by atoms with van der Waals surface area (Å²) in [5.41, 5.74) is 6.99. The number of aryl methyl sites for hydroxylation is 1. The Kier molecular flexibility index (Phi) is 5.23. The Bertz CT molecular complexity index is 439. The standard InChI is InChI=1S/C15H24N2O3/c1-15(10-16,17-7-2-8-18)6-5-12-3-4-13-14(9-12)20-11-19-13/h3-4,9,17-18H,2,5-8,10-11,16H2,1H3. The third kappa shape index (κ3) is 3.85. The summed E-state index contributed by atoms with van der Waals surface area (Å²) >= 11 is 0. The molecule has 0 aliphatic carbocycles. The number of aliphatic hydroxyl groups is 1. The summed E-state index contributed by atoms with van der Waals surface area (Å²) in [6.45, 7) is 3.99. The predicted octanol–water partition coefficient (Wildman–Crippen LogP) is 1.04. The van der Waals surface area contributed by atoms with Crippen LogP contribution in [0.5, 0.6) is 11.5 Å². The van der Waals surface area contributed by atoms with Gasteiger partial charge in [-0.2, -0.15) is 0 Å². The number of fused-ring (bicyclic) bond motifs is 1. The van der Waals surface area contributed by atoms with Crippen LogP contribution >= 0.6 is 0 Å². The number of rotatable bonds is 8. The maximum atomic E-state index is 8.84. The minimum atomic E-state index is -0.106. The molecule has 1 aliphatic rings. The number of hydrogen-bond donors (Lipinski definition) is 3. The van der Waals surface area contributed by atoms with E-state index in [1.165, 1.54) is 5.56 Å². The van der Waals surface area contributed by atoms with Crippen LogP contribution < -0.4 is 20.5 Å². The van der Waals surface area contributed by atoms with Crippen molar-refractivity contribution in [3.8, 4) is 11.5 Å². The van der Waals surface area contributed by atoms with Gasteiger partial charge in [-0.15, -0.1) is 0 Å². The quantitative estimate of drug-likeness (QED) is 0.620. The van der Waals surface area contributed by atoms with E-state index in [9.17, 15) is 0 Å². The van der Waals surface area contributed by atoms with E-state index in [0.29, 0.717) is 13.3 Å². The molecule has 0 saturated heterocycles. The van der Waals surface area contributed by atoms with Crippen LogP contribution in [0.1, 0.15) is 25.3 Å². The first-order valence-electron chi connectivity index (χ1n) is 7.11. The number of ether oxygens (including phenoxy) is 2. The molecule has 0 bridgehead atoms. The van der Waals surface area contributed by atoms with Gasteiger partial charge in [-0.05, 0) is 50.4 Å². The first kappa shape index (κ1) is 15.1. The molecule has 0 fully saturated rings. The van der Waals surface area contributed by atoms with Crippen molar-refractivity contribution in [3.63, 3.8) is 0 Å². The van der Waals surface area contributed by atoms with Gasteiger partial charge in [-0.3, -0.25) is 0 Å². The zero-order valence-electron chi connectivity index (χ0n) is 12.0. The van der Waals surface area contributed by atoms with Crippen molar-refractivity contribution >= 4 is 0 Å². The van der Waals surface area contributed by atoms with Crippen molar-refractivity contribution in [1.29, 1.82) is 0 Å². The van der Waals surface area contributed by atoms with Crippen molar-refractivity contribution < 1.29 is 14.6 Å². The predicted molar refractivity (Wildman–Crippen MR) is 78.1 cm³/mol. The van der Waals surface area contributed by atoms with Gasteiger partial charge in [-0.25, -0.2) is 0 Å². The maximum Gasteiger partial charge on any atom is 0.231 e. The van der Waals surface area contributed by atoms with E-state index in [1.54, 1.807) is 0 Å². The molecule has 5 heteroatoms. The maximum absolute atomic E-state index is 8.84. The number of hydrogen-bond acceptors (Lipinski definition) is 5. The minimum absolute atomic E-state index is 0.106. The molecule has 112 valence electrons. The Balaban J connectivity index is 1.89. The molecule has 0 amide bonds. The summed E-state index contributed by atoms with van der Waals surface area (Å²) in [5.74, 6) is 1.64. The molecule has 1 aromatic rings. The lowest BCUT2D eigenvalue weighted by molar-refractivity contribution is 0.174. The summed E-state index contributed by atoms with van der Waals surface area (Å²) in [6.07, 6.45) is 2.62. The van der Waals surface area contributed by atoms with E-state index in [0.717, 1.165) is 37.3 Å². The van der Waals surface area contributed by atoms with Crippen LogP contribution in [0.2, 0.25) is 0 Å². The highest BCUT2D eigenvalue weighted by Gasteiger charge is 2.21. The molecule has 0 radical (unpaired) electrons. The molecule has 20 heavy (non-hydrogen) atoms. The summed E-state index contributed by atoms with van der Waals surface area (Å²) in [4.78, 5) is 0. The molecule has 2 rings (SSSR count). The van der Waals surface area contributed by atoms with Crippen molar-refractivity contribution in [3.05, 3.63) is 23.8 Å². The van der Waals surface area contributed by atoms with E-state index in [-0.39, 0.29) is 12.1 Å². The van der Waals surface area contributed by atoms with Crippen LogP contribution in [0, 0.1) is 0 Å². The van der Waals surface area contributed by atoms with Crippen LogP contribution in [-0.2, 0) is 6.42 Å². The van der Waals surface area contributed by atoms with Crippen LogP contribution in [0.4, 0.5) is 0 Å². The number of benzene rings is 1. The van der Waals surface area contributed by atoms with E-state index in [4.69, 9.17) is 20.3 Å². The van der Waals surface area contributed by atoms with Gasteiger partial charge in [0.2, 0.25) is 6.79 Å². The fraction of sp³-hybridized carbons (Fsp3) is 0.600. The lowest BCUT2D eigenvalue weighted by Crippen LogP contribution is -2.49. The van der Waals surface area contributed by atoms with E-state index in [1.807, 2.05) is 12.1 Å². The SMILES string of the molecule is CC(CN)(CCc1ccc2c(c1)OCO2)NCCCO. The molecular weight excluding hydrogens is 256 g/mol. The van der Waals surface area contributed by atoms with Crippen molar-refractivity contribution in [1.82, 2.24) is 5.32 Å². The van der Waals surface area contributed by atoms with Gasteiger partial charge in [0.15, 0.2) is 11.5 Å². The lowest BCUT2D eigenvalue weighted by Gasteiger charge is -2.29. The Morgan fingerprint density at radius 2 is 2.15 bits per heavy atom. The largest absolute Gasteiger partial charge is 0.454 e. The van der Waals surface area contributed by atoms with Gasteiger partial charge in [0.05, 0.1) is 0 Å². The molecule has 1 aromatic carbocycles. The van der Waals surface area contributed by atoms with Crippen LogP contribution in [0.25, 0.3) is 0 Å². The zero-order valence-corrected chi connectivity index (χ0v) is 12.0. The van der Waals surface area contributed by atoms with E-state index in [2.05, 4.69) is 18.3 Å². The highest BCUT2D eigenvalue weighted by molar-refractivity contribution is 5.44. The Morgan fingerprint density at radius 3 is 2.90 bits per heavy atom. The second-order valence-corrected chi connectivity index (χ2v) is 5.46. The topological polar surface area (TPSA) is 76.7 Å². The molecule has 0 aromatic heterocycles. The van der Waals surface area contributed by atoms with Crippen LogP contribution in [0.3, 0.4) is 0 Å². The molecule has 1 heterocycles. The number of aliphatic hydroxyl groups excluding tert-OH is 1. The van der Waals surface area contributed by atoms with Gasteiger partial charge >= 0.3 is 0 Å². The molecule has 0 saturated carbocycles. The summed E-state index contributed by atoms with van der Waals surface area (Å²) in [6, 6.07) is 6.06. The van der Waals surface area contributed by atoms with Crippen LogP contribution in [-0.4, -0.2) is 37.1 Å². The number of nitrogens with two attached hydrogens (primary N) is 1. The second kappa shape index (κ2) is 6.92. The smallest absolute Gasteiger partial charge is 0.231 e. The highest BCUT2D eigenvalue weighted by atomic mass is 16.7. The molecule has 1 aliphatic heterocycles. The fourth-order valence-electron chi connectivity index (χ4n) is 2.25. The third-order valence-corrected chi connectivity index (χ3v) is 3.74. The van der Waals surface area contributed by atoms with Gasteiger partial charge in [0.1, 0.15) is 0 Å². The summed E-state index contributed by atoms with van der Waals surface area (Å²) in [7, 11) is 0. The Labute approximate surface area is 120 Å². The average Bonchev–Trinajstić information content (AvgIpc) is 2.93. The third-order valence-electron chi connectivity index (χ3n) is 3.74. The monoisotopic (exact) mass is 280 g/mol. The highest BCUT2D eigenvalue weighted by Crippen LogP contribution is 2.33. The molecular formula is C15H24N2O3. The normalized spacial score (nSPS) is 16.1. The average molecular weight is 280 g/mol. The molecule has 4 N–H and O–H groups in total. The summed E-state index contributed by atoms with van der Waals surface area (Å²) in [5, 5.41) is 12.3. The van der Waals surface area contributed by atoms with Gasteiger partial charge in [0, 0.05) is 18.7 Å². The van der Waals surface area contributed by atoms with Crippen LogP contribution in [0.15, 0.2) is 18.2 Å². The lowest BCUT2D eigenvalue weighted by atomic mass is 9.93. The van der Waals surface area contributed by atoms with Gasteiger partial charge in [-0.1, -0.05) is 6.07 Å². The van der Waals surface area contributed by atoms with E-state index >= 15 is 0 Å². The van der Waals surface area contributed by atoms with Crippen molar-refractivity contribution in [2.75, 3.05) is 26.5 Å². The first-order chi connectivity index (χ1) is 9.67. The minimum Gasteiger partial charge on any atom is -0.454 e. The molecule has 5 nitrogen and oxygen atoms in total. The van der Waals surface area contributed by atoms with E-state index < -0.39 is 0 Å². The molecule has 1 unspecified atom stereocenters.